The van der Waals surface area contributed by atoms with Crippen LogP contribution in [-0.2, 0) is 28.7 Å². The lowest BCUT2D eigenvalue weighted by atomic mass is 9.97. The molecule has 3 heterocycles. The van der Waals surface area contributed by atoms with Crippen LogP contribution in [0.4, 0.5) is 13.2 Å². The highest BCUT2D eigenvalue weighted by molar-refractivity contribution is 5.78. The van der Waals surface area contributed by atoms with E-state index >= 15 is 0 Å². The zero-order chi connectivity index (χ0) is 22.6. The van der Waals surface area contributed by atoms with Crippen LogP contribution < -0.4 is 14.9 Å². The standard InChI is InChI=1S/C22H33F3N3O3/c1-15(4-5-16(2)26-19-7-10-31-11-8-19)21(29)27-9-6-20-17(13-27)12-18(22(23,24)25)14-28(20)30-3/h12,14-16,19,26H,4-11,13H2,1-3H3/q+1/t15-,16+/m1/s1. The van der Waals surface area contributed by atoms with E-state index in [1.165, 1.54) is 11.8 Å². The van der Waals surface area contributed by atoms with Gasteiger partial charge >= 0.3 is 6.18 Å². The van der Waals surface area contributed by atoms with Crippen molar-refractivity contribution in [2.45, 2.75) is 70.8 Å². The largest absolute Gasteiger partial charge is 0.422 e. The smallest absolute Gasteiger partial charge is 0.381 e. The van der Waals surface area contributed by atoms with Gasteiger partial charge in [0.25, 0.3) is 0 Å². The van der Waals surface area contributed by atoms with Crippen LogP contribution in [0.3, 0.4) is 0 Å². The van der Waals surface area contributed by atoms with Crippen molar-refractivity contribution in [1.82, 2.24) is 10.2 Å². The fourth-order valence-electron chi connectivity index (χ4n) is 4.38. The normalized spacial score (nSPS) is 19.6. The Balaban J connectivity index is 1.58. The van der Waals surface area contributed by atoms with Crippen molar-refractivity contribution < 1.29 is 32.3 Å². The molecule has 9 heteroatoms. The fourth-order valence-corrected chi connectivity index (χ4v) is 4.38. The highest BCUT2D eigenvalue weighted by atomic mass is 19.4. The number of halogens is 3. The maximum Gasteiger partial charge on any atom is 0.422 e. The van der Waals surface area contributed by atoms with E-state index in [4.69, 9.17) is 9.57 Å². The number of aromatic nitrogens is 1. The first kappa shape index (κ1) is 23.8. The van der Waals surface area contributed by atoms with Crippen LogP contribution in [0.15, 0.2) is 12.3 Å². The Morgan fingerprint density at radius 1 is 1.32 bits per heavy atom. The Hall–Kier alpha value is -1.87. The van der Waals surface area contributed by atoms with Gasteiger partial charge in [-0.25, -0.2) is 0 Å². The van der Waals surface area contributed by atoms with E-state index < -0.39 is 11.7 Å². The zero-order valence-electron chi connectivity index (χ0n) is 18.5. The van der Waals surface area contributed by atoms with Gasteiger partial charge in [-0.15, -0.1) is 0 Å². The van der Waals surface area contributed by atoms with Gasteiger partial charge in [-0.05, 0) is 38.7 Å². The molecule has 6 nitrogen and oxygen atoms in total. The molecule has 174 valence electrons. The average molecular weight is 445 g/mol. The topological polar surface area (TPSA) is 54.7 Å². The number of hydrogen-bond donors (Lipinski definition) is 1. The molecule has 1 fully saturated rings. The summed E-state index contributed by atoms with van der Waals surface area (Å²) in [6, 6.07) is 1.90. The Morgan fingerprint density at radius 2 is 2.03 bits per heavy atom. The van der Waals surface area contributed by atoms with Crippen molar-refractivity contribution in [1.29, 1.82) is 0 Å². The van der Waals surface area contributed by atoms with Gasteiger partial charge in [0.2, 0.25) is 17.8 Å². The lowest BCUT2D eigenvalue weighted by Gasteiger charge is -2.30. The SMILES string of the molecule is CO[n+]1cc(C(F)(F)F)cc2c1CCN(C(=O)[C@H](C)CC[C@H](C)NC1CCOCC1)C2. The summed E-state index contributed by atoms with van der Waals surface area (Å²) in [4.78, 5) is 19.8. The number of alkyl halides is 3. The lowest BCUT2D eigenvalue weighted by Crippen LogP contribution is -2.50. The molecule has 0 unspecified atom stereocenters. The van der Waals surface area contributed by atoms with Crippen molar-refractivity contribution in [2.75, 3.05) is 26.9 Å². The Morgan fingerprint density at radius 3 is 2.68 bits per heavy atom. The molecule has 1 aromatic heterocycles. The van der Waals surface area contributed by atoms with E-state index in [-0.39, 0.29) is 18.4 Å². The summed E-state index contributed by atoms with van der Waals surface area (Å²) in [7, 11) is 1.34. The molecule has 0 saturated carbocycles. The van der Waals surface area contributed by atoms with Gasteiger partial charge in [0.05, 0.1) is 13.0 Å². The zero-order valence-corrected chi connectivity index (χ0v) is 18.5. The summed E-state index contributed by atoms with van der Waals surface area (Å²) in [5.74, 6) is -0.189. The maximum absolute atomic E-state index is 13.2. The molecule has 1 aromatic rings. The minimum Gasteiger partial charge on any atom is -0.381 e. The van der Waals surface area contributed by atoms with E-state index in [1.54, 1.807) is 4.90 Å². The van der Waals surface area contributed by atoms with Gasteiger partial charge in [0, 0.05) is 48.1 Å². The first-order valence-corrected chi connectivity index (χ1v) is 11.0. The molecule has 1 saturated heterocycles. The number of carbonyl (C=O) groups excluding carboxylic acids is 1. The predicted molar refractivity (Wildman–Crippen MR) is 108 cm³/mol. The number of rotatable bonds is 7. The van der Waals surface area contributed by atoms with E-state index in [0.717, 1.165) is 51.2 Å². The van der Waals surface area contributed by atoms with Gasteiger partial charge in [-0.2, -0.15) is 13.2 Å². The first-order chi connectivity index (χ1) is 14.7. The predicted octanol–water partition coefficient (Wildman–Crippen LogP) is 2.51. The van der Waals surface area contributed by atoms with Crippen LogP contribution in [0.1, 0.15) is 56.4 Å². The molecule has 2 aliphatic rings. The molecule has 0 aromatic carbocycles. The quantitative estimate of drug-likeness (QED) is 0.657. The Labute approximate surface area is 181 Å². The van der Waals surface area contributed by atoms with Crippen molar-refractivity contribution in [3.8, 4) is 0 Å². The fraction of sp³-hybridized carbons (Fsp3) is 0.727. The molecule has 0 aliphatic carbocycles. The second kappa shape index (κ2) is 10.2. The van der Waals surface area contributed by atoms with E-state index in [1.807, 2.05) is 6.92 Å². The molecule has 2 aliphatic heterocycles. The molecular weight excluding hydrogens is 411 g/mol. The van der Waals surface area contributed by atoms with Crippen LogP contribution in [0, 0.1) is 5.92 Å². The van der Waals surface area contributed by atoms with Gasteiger partial charge in [0.1, 0.15) is 12.7 Å². The average Bonchev–Trinajstić information content (AvgIpc) is 2.75. The number of fused-ring (bicyclic) bond motifs is 1. The highest BCUT2D eigenvalue weighted by Crippen LogP contribution is 2.31. The van der Waals surface area contributed by atoms with Crippen LogP contribution in [0.5, 0.6) is 0 Å². The third-order valence-electron chi connectivity index (χ3n) is 6.23. The summed E-state index contributed by atoms with van der Waals surface area (Å²) in [6.45, 7) is 6.25. The van der Waals surface area contributed by atoms with Gasteiger partial charge in [-0.3, -0.25) is 9.63 Å². The van der Waals surface area contributed by atoms with E-state index in [2.05, 4.69) is 12.2 Å². The van der Waals surface area contributed by atoms with Crippen LogP contribution in [0.2, 0.25) is 0 Å². The number of ether oxygens (including phenoxy) is 1. The molecule has 0 spiro atoms. The molecule has 31 heavy (non-hydrogen) atoms. The highest BCUT2D eigenvalue weighted by Gasteiger charge is 2.38. The van der Waals surface area contributed by atoms with Gasteiger partial charge in [0.15, 0.2) is 0 Å². The summed E-state index contributed by atoms with van der Waals surface area (Å²) < 4.78 is 46.3. The summed E-state index contributed by atoms with van der Waals surface area (Å²) in [6.07, 6.45) is 0.577. The number of amides is 1. The summed E-state index contributed by atoms with van der Waals surface area (Å²) in [5, 5.41) is 3.61. The number of pyridine rings is 1. The van der Waals surface area contributed by atoms with Crippen molar-refractivity contribution in [3.05, 3.63) is 29.1 Å². The summed E-state index contributed by atoms with van der Waals surface area (Å²) >= 11 is 0. The molecular formula is C22H33F3N3O3+. The minimum atomic E-state index is -4.47. The second-order valence-corrected chi connectivity index (χ2v) is 8.65. The molecule has 1 N–H and O–H groups in total. The third kappa shape index (κ3) is 6.10. The Kier molecular flexibility index (Phi) is 7.80. The second-order valence-electron chi connectivity index (χ2n) is 8.65. The number of carbonyl (C=O) groups is 1. The molecule has 0 radical (unpaired) electrons. The monoisotopic (exact) mass is 444 g/mol. The molecule has 2 atom stereocenters. The lowest BCUT2D eigenvalue weighted by molar-refractivity contribution is -0.891. The van der Waals surface area contributed by atoms with Crippen LogP contribution in [0.25, 0.3) is 0 Å². The van der Waals surface area contributed by atoms with Gasteiger partial charge in [-0.1, -0.05) is 6.92 Å². The van der Waals surface area contributed by atoms with E-state index in [9.17, 15) is 18.0 Å². The van der Waals surface area contributed by atoms with Crippen LogP contribution in [-0.4, -0.2) is 49.8 Å². The Bertz CT molecular complexity index is 766. The van der Waals surface area contributed by atoms with E-state index in [0.29, 0.717) is 36.3 Å². The maximum atomic E-state index is 13.2. The number of nitrogens with one attached hydrogen (secondary N) is 1. The number of hydrogen-bond acceptors (Lipinski definition) is 4. The van der Waals surface area contributed by atoms with Crippen LogP contribution >= 0.6 is 0 Å². The van der Waals surface area contributed by atoms with Crippen molar-refractivity contribution in [2.24, 2.45) is 5.92 Å². The summed E-state index contributed by atoms with van der Waals surface area (Å²) in [5.41, 5.74) is 0.392. The molecule has 0 bridgehead atoms. The van der Waals surface area contributed by atoms with Crippen molar-refractivity contribution in [3.63, 3.8) is 0 Å². The minimum absolute atomic E-state index is 0.00899. The van der Waals surface area contributed by atoms with Gasteiger partial charge < -0.3 is 15.0 Å². The molecule has 1 amide bonds. The first-order valence-electron chi connectivity index (χ1n) is 11.0. The number of nitrogens with zero attached hydrogens (tertiary/aromatic N) is 2. The third-order valence-corrected chi connectivity index (χ3v) is 6.23. The molecule has 3 rings (SSSR count). The van der Waals surface area contributed by atoms with Crippen molar-refractivity contribution >= 4 is 5.91 Å².